The molecule has 0 spiro atoms. The molecule has 11 heteroatoms. The molecule has 0 heterocycles. The van der Waals surface area contributed by atoms with Crippen LogP contribution in [-0.2, 0) is 14.8 Å². The summed E-state index contributed by atoms with van der Waals surface area (Å²) in [6, 6.07) is 15.0. The second-order valence-corrected chi connectivity index (χ2v) is 10.1. The third-order valence-corrected chi connectivity index (χ3v) is 6.98. The van der Waals surface area contributed by atoms with Gasteiger partial charge in [-0.1, -0.05) is 12.1 Å². The van der Waals surface area contributed by atoms with E-state index in [1.807, 2.05) is 0 Å². The summed E-state index contributed by atoms with van der Waals surface area (Å²) in [4.78, 5) is 25.5. The second-order valence-electron chi connectivity index (χ2n) is 8.23. The van der Waals surface area contributed by atoms with Crippen LogP contribution >= 0.6 is 0 Å². The van der Waals surface area contributed by atoms with Gasteiger partial charge in [0.25, 0.3) is 15.9 Å². The van der Waals surface area contributed by atoms with E-state index in [9.17, 15) is 22.4 Å². The predicted molar refractivity (Wildman–Crippen MR) is 138 cm³/mol. The molecular weight excluding hydrogens is 501 g/mol. The molecule has 0 atom stereocenters. The topological polar surface area (TPSA) is 114 Å². The molecule has 196 valence electrons. The van der Waals surface area contributed by atoms with E-state index in [0.717, 1.165) is 16.4 Å². The Balaban J connectivity index is 1.97. The van der Waals surface area contributed by atoms with Gasteiger partial charge in [-0.05, 0) is 62.4 Å². The van der Waals surface area contributed by atoms with Crippen LogP contribution in [0, 0.1) is 5.82 Å². The summed E-state index contributed by atoms with van der Waals surface area (Å²) in [6.07, 6.45) is 0. The number of sulfonamides is 1. The molecule has 37 heavy (non-hydrogen) atoms. The van der Waals surface area contributed by atoms with Crippen LogP contribution in [-0.4, -0.2) is 47.0 Å². The molecule has 3 rings (SSSR count). The van der Waals surface area contributed by atoms with Crippen LogP contribution in [0.2, 0.25) is 0 Å². The summed E-state index contributed by atoms with van der Waals surface area (Å²) in [7, 11) is -1.53. The second kappa shape index (κ2) is 11.7. The van der Waals surface area contributed by atoms with Gasteiger partial charge in [-0.15, -0.1) is 0 Å². The maximum absolute atomic E-state index is 13.7. The van der Waals surface area contributed by atoms with Gasteiger partial charge in [0, 0.05) is 12.1 Å². The predicted octanol–water partition coefficient (Wildman–Crippen LogP) is 3.82. The number of para-hydroxylation sites is 1. The van der Waals surface area contributed by atoms with Crippen molar-refractivity contribution in [2.75, 3.05) is 30.4 Å². The average Bonchev–Trinajstić information content (AvgIpc) is 2.87. The van der Waals surface area contributed by atoms with E-state index < -0.39 is 28.3 Å². The molecule has 0 unspecified atom stereocenters. The fraction of sp³-hybridized carbons (Fsp3) is 0.231. The molecule has 0 aliphatic carbocycles. The van der Waals surface area contributed by atoms with Crippen molar-refractivity contribution in [3.8, 4) is 11.5 Å². The number of carbonyl (C=O) groups excluding carboxylic acids is 2. The van der Waals surface area contributed by atoms with Gasteiger partial charge >= 0.3 is 0 Å². The lowest BCUT2D eigenvalue weighted by Crippen LogP contribution is -2.38. The van der Waals surface area contributed by atoms with Gasteiger partial charge in [-0.2, -0.15) is 0 Å². The third kappa shape index (κ3) is 6.56. The highest BCUT2D eigenvalue weighted by Crippen LogP contribution is 2.32. The fourth-order valence-corrected chi connectivity index (χ4v) is 4.91. The molecule has 0 aliphatic heterocycles. The highest BCUT2D eigenvalue weighted by atomic mass is 32.2. The van der Waals surface area contributed by atoms with Gasteiger partial charge in [0.2, 0.25) is 5.91 Å². The molecule has 2 amide bonds. The minimum absolute atomic E-state index is 0.0668. The van der Waals surface area contributed by atoms with Crippen molar-refractivity contribution in [1.29, 1.82) is 0 Å². The minimum Gasteiger partial charge on any atom is -0.493 e. The number of amides is 2. The number of anilines is 2. The normalized spacial score (nSPS) is 11.1. The third-order valence-electron chi connectivity index (χ3n) is 5.21. The van der Waals surface area contributed by atoms with Crippen molar-refractivity contribution in [3.63, 3.8) is 0 Å². The number of nitrogens with one attached hydrogen (secondary N) is 2. The molecule has 0 fully saturated rings. The summed E-state index contributed by atoms with van der Waals surface area (Å²) in [5.74, 6) is -1.17. The number of ether oxygens (including phenoxy) is 2. The smallest absolute Gasteiger partial charge is 0.264 e. The Morgan fingerprint density at radius 1 is 0.946 bits per heavy atom. The number of benzene rings is 3. The quantitative estimate of drug-likeness (QED) is 0.413. The molecule has 0 saturated carbocycles. The number of rotatable bonds is 10. The van der Waals surface area contributed by atoms with E-state index in [2.05, 4.69) is 10.6 Å². The number of methoxy groups -OCH3 is 2. The number of hydrogen-bond acceptors (Lipinski definition) is 6. The zero-order valence-corrected chi connectivity index (χ0v) is 21.6. The van der Waals surface area contributed by atoms with Crippen LogP contribution in [0.15, 0.2) is 71.6 Å². The van der Waals surface area contributed by atoms with Crippen molar-refractivity contribution in [1.82, 2.24) is 5.32 Å². The monoisotopic (exact) mass is 529 g/mol. The SMILES string of the molecule is COc1ccc(S(=O)(=O)N(CC(=O)Nc2ccccc2C(=O)NC(C)C)c2ccc(F)cc2)cc1OC. The van der Waals surface area contributed by atoms with Crippen LogP contribution < -0.4 is 24.4 Å². The summed E-state index contributed by atoms with van der Waals surface area (Å²) in [5, 5.41) is 5.37. The highest BCUT2D eigenvalue weighted by molar-refractivity contribution is 7.92. The van der Waals surface area contributed by atoms with Crippen molar-refractivity contribution < 1.29 is 31.9 Å². The van der Waals surface area contributed by atoms with Crippen LogP contribution in [0.5, 0.6) is 11.5 Å². The maximum Gasteiger partial charge on any atom is 0.264 e. The Morgan fingerprint density at radius 3 is 2.22 bits per heavy atom. The van der Waals surface area contributed by atoms with Crippen molar-refractivity contribution in [2.45, 2.75) is 24.8 Å². The molecule has 0 aliphatic rings. The Hall–Kier alpha value is -4.12. The van der Waals surface area contributed by atoms with Gasteiger partial charge < -0.3 is 20.1 Å². The number of halogens is 1. The Labute approximate surface area is 215 Å². The van der Waals surface area contributed by atoms with Gasteiger partial charge in [0.15, 0.2) is 11.5 Å². The lowest BCUT2D eigenvalue weighted by molar-refractivity contribution is -0.114. The lowest BCUT2D eigenvalue weighted by Gasteiger charge is -2.25. The Bertz CT molecular complexity index is 1380. The first kappa shape index (κ1) is 27.5. The molecule has 0 bridgehead atoms. The lowest BCUT2D eigenvalue weighted by atomic mass is 10.1. The minimum atomic E-state index is -4.32. The maximum atomic E-state index is 13.7. The van der Waals surface area contributed by atoms with Crippen molar-refractivity contribution in [3.05, 3.63) is 78.1 Å². The van der Waals surface area contributed by atoms with E-state index in [1.54, 1.807) is 32.0 Å². The molecule has 3 aromatic rings. The van der Waals surface area contributed by atoms with Crippen LogP contribution in [0.1, 0.15) is 24.2 Å². The first-order valence-corrected chi connectivity index (χ1v) is 12.7. The number of carbonyl (C=O) groups is 2. The molecule has 9 nitrogen and oxygen atoms in total. The largest absolute Gasteiger partial charge is 0.493 e. The molecular formula is C26H28FN3O6S. The van der Waals surface area contributed by atoms with Crippen LogP contribution in [0.4, 0.5) is 15.8 Å². The molecule has 0 radical (unpaired) electrons. The molecule has 2 N–H and O–H groups in total. The standard InChI is InChI=1S/C26H28FN3O6S/c1-17(2)28-26(32)21-7-5-6-8-22(21)29-25(31)16-30(19-11-9-18(27)10-12-19)37(33,34)20-13-14-23(35-3)24(15-20)36-4/h5-15,17H,16H2,1-4H3,(H,28,32)(H,29,31). The summed E-state index contributed by atoms with van der Waals surface area (Å²) < 4.78 is 52.2. The zero-order chi connectivity index (χ0) is 27.2. The van der Waals surface area contributed by atoms with Gasteiger partial charge in [-0.3, -0.25) is 13.9 Å². The first-order valence-electron chi connectivity index (χ1n) is 11.3. The number of nitrogens with zero attached hydrogens (tertiary/aromatic N) is 1. The summed E-state index contributed by atoms with van der Waals surface area (Å²) in [5.41, 5.74) is 0.506. The summed E-state index contributed by atoms with van der Waals surface area (Å²) >= 11 is 0. The van der Waals surface area contributed by atoms with E-state index >= 15 is 0 Å². The van der Waals surface area contributed by atoms with Crippen molar-refractivity contribution in [2.24, 2.45) is 0 Å². The van der Waals surface area contributed by atoms with E-state index in [1.165, 1.54) is 50.6 Å². The number of hydrogen-bond donors (Lipinski definition) is 2. The highest BCUT2D eigenvalue weighted by Gasteiger charge is 2.29. The zero-order valence-electron chi connectivity index (χ0n) is 20.8. The van der Waals surface area contributed by atoms with Gasteiger partial charge in [0.1, 0.15) is 12.4 Å². The van der Waals surface area contributed by atoms with Gasteiger partial charge in [-0.25, -0.2) is 12.8 Å². The van der Waals surface area contributed by atoms with E-state index in [-0.39, 0.29) is 39.5 Å². The molecule has 0 aromatic heterocycles. The Morgan fingerprint density at radius 2 is 1.59 bits per heavy atom. The fourth-order valence-electron chi connectivity index (χ4n) is 3.48. The van der Waals surface area contributed by atoms with E-state index in [0.29, 0.717) is 5.75 Å². The molecule has 0 saturated heterocycles. The summed E-state index contributed by atoms with van der Waals surface area (Å²) in [6.45, 7) is 2.96. The van der Waals surface area contributed by atoms with Crippen LogP contribution in [0.25, 0.3) is 0 Å². The van der Waals surface area contributed by atoms with E-state index in [4.69, 9.17) is 9.47 Å². The van der Waals surface area contributed by atoms with Crippen LogP contribution in [0.3, 0.4) is 0 Å². The molecule has 3 aromatic carbocycles. The Kier molecular flexibility index (Phi) is 8.72. The average molecular weight is 530 g/mol. The van der Waals surface area contributed by atoms with Crippen molar-refractivity contribution >= 4 is 33.2 Å². The van der Waals surface area contributed by atoms with Gasteiger partial charge in [0.05, 0.1) is 36.1 Å². The first-order chi connectivity index (χ1) is 17.6.